The molecule has 0 radical (unpaired) electrons. The Morgan fingerprint density at radius 3 is 2.95 bits per heavy atom. The molecule has 2 aliphatic rings. The molecule has 2 bridgehead atoms. The van der Waals surface area contributed by atoms with Crippen molar-refractivity contribution < 1.29 is 19.1 Å². The fraction of sp³-hybridized carbons (Fsp3) is 0.667. The van der Waals surface area contributed by atoms with Crippen LogP contribution in [0.15, 0.2) is 16.5 Å². The van der Waals surface area contributed by atoms with Gasteiger partial charge in [-0.2, -0.15) is 0 Å². The second kappa shape index (κ2) is 5.00. The Morgan fingerprint density at radius 1 is 1.47 bits per heavy atom. The molecule has 4 atom stereocenters. The highest BCUT2D eigenvalue weighted by Crippen LogP contribution is 2.50. The zero-order valence-electron chi connectivity index (χ0n) is 11.2. The van der Waals surface area contributed by atoms with Gasteiger partial charge in [-0.05, 0) is 55.6 Å². The van der Waals surface area contributed by atoms with E-state index in [1.807, 2.05) is 0 Å². The number of fused-ring (bicyclic) bond motifs is 2. The Balaban J connectivity index is 1.62. The first-order valence-electron chi connectivity index (χ1n) is 7.03. The van der Waals surface area contributed by atoms with Crippen LogP contribution in [0.5, 0.6) is 0 Å². The minimum absolute atomic E-state index is 0.157. The van der Waals surface area contributed by atoms with E-state index in [4.69, 9.17) is 4.42 Å². The van der Waals surface area contributed by atoms with Gasteiger partial charge < -0.3 is 14.3 Å². The predicted octanol–water partition coefficient (Wildman–Crippen LogP) is 2.93. The third-order valence-electron chi connectivity index (χ3n) is 4.75. The minimum Gasteiger partial charge on any atom is -0.463 e. The molecule has 0 aliphatic heterocycles. The fourth-order valence-corrected chi connectivity index (χ4v) is 3.81. The quantitative estimate of drug-likeness (QED) is 0.849. The number of esters is 1. The number of methoxy groups -OCH3 is 1. The van der Waals surface area contributed by atoms with E-state index in [1.54, 1.807) is 12.1 Å². The lowest BCUT2D eigenvalue weighted by Gasteiger charge is -2.23. The van der Waals surface area contributed by atoms with Crippen molar-refractivity contribution in [3.05, 3.63) is 23.7 Å². The van der Waals surface area contributed by atoms with Crippen molar-refractivity contribution in [2.24, 2.45) is 17.8 Å². The summed E-state index contributed by atoms with van der Waals surface area (Å²) in [7, 11) is 1.32. The van der Waals surface area contributed by atoms with Crippen molar-refractivity contribution >= 4 is 5.97 Å². The van der Waals surface area contributed by atoms with Crippen molar-refractivity contribution in [3.63, 3.8) is 0 Å². The van der Waals surface area contributed by atoms with Crippen molar-refractivity contribution in [2.45, 2.75) is 38.2 Å². The molecule has 1 heterocycles. The number of hydrogen-bond acceptors (Lipinski definition) is 4. The molecule has 0 spiro atoms. The highest BCUT2D eigenvalue weighted by Gasteiger charge is 2.40. The Labute approximate surface area is 112 Å². The number of aliphatic hydroxyl groups excluding tert-OH is 1. The normalized spacial score (nSPS) is 30.5. The van der Waals surface area contributed by atoms with Gasteiger partial charge in [0.2, 0.25) is 5.76 Å². The number of rotatable bonds is 4. The maximum Gasteiger partial charge on any atom is 0.373 e. The number of carbonyl (C=O) groups is 1. The predicted molar refractivity (Wildman–Crippen MR) is 68.6 cm³/mol. The molecule has 104 valence electrons. The molecule has 4 unspecified atom stereocenters. The van der Waals surface area contributed by atoms with E-state index in [1.165, 1.54) is 32.8 Å². The molecule has 4 nitrogen and oxygen atoms in total. The van der Waals surface area contributed by atoms with Gasteiger partial charge in [-0.15, -0.1) is 0 Å². The SMILES string of the molecule is COC(=O)c1ccc(C(O)CC2CC3CCC2C3)o1. The second-order valence-electron chi connectivity index (χ2n) is 5.88. The van der Waals surface area contributed by atoms with E-state index < -0.39 is 12.1 Å². The van der Waals surface area contributed by atoms with Crippen LogP contribution in [0.4, 0.5) is 0 Å². The summed E-state index contributed by atoms with van der Waals surface area (Å²) in [6, 6.07) is 3.23. The molecule has 19 heavy (non-hydrogen) atoms. The summed E-state index contributed by atoms with van der Waals surface area (Å²) in [4.78, 5) is 11.3. The molecule has 0 amide bonds. The minimum atomic E-state index is -0.609. The molecule has 0 aromatic carbocycles. The van der Waals surface area contributed by atoms with E-state index in [0.717, 1.165) is 18.3 Å². The van der Waals surface area contributed by atoms with Crippen LogP contribution < -0.4 is 0 Å². The van der Waals surface area contributed by atoms with Gasteiger partial charge in [-0.1, -0.05) is 6.42 Å². The fourth-order valence-electron chi connectivity index (χ4n) is 3.81. The number of ether oxygens (including phenoxy) is 1. The summed E-state index contributed by atoms with van der Waals surface area (Å²) >= 11 is 0. The molecule has 1 N–H and O–H groups in total. The van der Waals surface area contributed by atoms with Gasteiger partial charge in [-0.3, -0.25) is 0 Å². The van der Waals surface area contributed by atoms with Gasteiger partial charge >= 0.3 is 5.97 Å². The first-order valence-corrected chi connectivity index (χ1v) is 7.03. The van der Waals surface area contributed by atoms with E-state index in [-0.39, 0.29) is 5.76 Å². The maximum absolute atomic E-state index is 11.3. The van der Waals surface area contributed by atoms with Crippen LogP contribution in [0.3, 0.4) is 0 Å². The maximum atomic E-state index is 11.3. The smallest absolute Gasteiger partial charge is 0.373 e. The molecular weight excluding hydrogens is 244 g/mol. The standard InChI is InChI=1S/C15H20O4/c1-18-15(17)14-5-4-13(19-14)12(16)8-11-7-9-2-3-10(11)6-9/h4-5,9-12,16H,2-3,6-8H2,1H3. The van der Waals surface area contributed by atoms with Gasteiger partial charge in [0.15, 0.2) is 0 Å². The summed E-state index contributed by atoms with van der Waals surface area (Å²) in [6.45, 7) is 0. The highest BCUT2D eigenvalue weighted by atomic mass is 16.5. The van der Waals surface area contributed by atoms with E-state index in [9.17, 15) is 9.90 Å². The van der Waals surface area contributed by atoms with Crippen molar-refractivity contribution in [1.29, 1.82) is 0 Å². The molecular formula is C15H20O4. The Hall–Kier alpha value is -1.29. The van der Waals surface area contributed by atoms with Gasteiger partial charge in [0.05, 0.1) is 7.11 Å². The Kier molecular flexibility index (Phi) is 3.35. The molecule has 4 heteroatoms. The summed E-state index contributed by atoms with van der Waals surface area (Å²) in [5.74, 6) is 2.41. The van der Waals surface area contributed by atoms with E-state index in [2.05, 4.69) is 4.74 Å². The molecule has 1 aromatic rings. The third-order valence-corrected chi connectivity index (χ3v) is 4.75. The zero-order chi connectivity index (χ0) is 13.4. The number of carbonyl (C=O) groups excluding carboxylic acids is 1. The number of hydrogen-bond donors (Lipinski definition) is 1. The first kappa shape index (κ1) is 12.7. The van der Waals surface area contributed by atoms with E-state index >= 15 is 0 Å². The summed E-state index contributed by atoms with van der Waals surface area (Å²) < 4.78 is 9.95. The molecule has 2 aliphatic carbocycles. The van der Waals surface area contributed by atoms with Crippen molar-refractivity contribution in [1.82, 2.24) is 0 Å². The molecule has 2 saturated carbocycles. The zero-order valence-corrected chi connectivity index (χ0v) is 11.2. The molecule has 2 fully saturated rings. The summed E-state index contributed by atoms with van der Waals surface area (Å²) in [6.07, 6.45) is 5.39. The second-order valence-corrected chi connectivity index (χ2v) is 5.88. The molecule has 1 aromatic heterocycles. The average molecular weight is 264 g/mol. The monoisotopic (exact) mass is 264 g/mol. The lowest BCUT2D eigenvalue weighted by Crippen LogP contribution is -2.14. The summed E-state index contributed by atoms with van der Waals surface area (Å²) in [5.41, 5.74) is 0. The van der Waals surface area contributed by atoms with Crippen LogP contribution in [0, 0.1) is 17.8 Å². The van der Waals surface area contributed by atoms with Crippen LogP contribution >= 0.6 is 0 Å². The van der Waals surface area contributed by atoms with Crippen LogP contribution in [0.25, 0.3) is 0 Å². The largest absolute Gasteiger partial charge is 0.463 e. The Morgan fingerprint density at radius 2 is 2.32 bits per heavy atom. The first-order chi connectivity index (χ1) is 9.17. The highest BCUT2D eigenvalue weighted by molar-refractivity contribution is 5.86. The van der Waals surface area contributed by atoms with Crippen molar-refractivity contribution in [2.75, 3.05) is 7.11 Å². The number of furan rings is 1. The molecule has 0 saturated heterocycles. The topological polar surface area (TPSA) is 59.7 Å². The van der Waals surface area contributed by atoms with E-state index in [0.29, 0.717) is 11.7 Å². The molecule has 3 rings (SSSR count). The van der Waals surface area contributed by atoms with Gasteiger partial charge in [0.25, 0.3) is 0 Å². The number of aliphatic hydroxyl groups is 1. The lowest BCUT2D eigenvalue weighted by molar-refractivity contribution is 0.0548. The Bertz CT molecular complexity index is 464. The lowest BCUT2D eigenvalue weighted by atomic mass is 9.84. The summed E-state index contributed by atoms with van der Waals surface area (Å²) in [5, 5.41) is 10.2. The van der Waals surface area contributed by atoms with Gasteiger partial charge in [0.1, 0.15) is 11.9 Å². The van der Waals surface area contributed by atoms with Crippen molar-refractivity contribution in [3.8, 4) is 0 Å². The van der Waals surface area contributed by atoms with Gasteiger partial charge in [0, 0.05) is 0 Å². The van der Waals surface area contributed by atoms with Crippen LogP contribution in [-0.2, 0) is 4.74 Å². The van der Waals surface area contributed by atoms with Crippen LogP contribution in [-0.4, -0.2) is 18.2 Å². The average Bonchev–Trinajstić information content (AvgIpc) is 3.13. The third kappa shape index (κ3) is 2.41. The van der Waals surface area contributed by atoms with Crippen LogP contribution in [0.1, 0.15) is 54.5 Å². The van der Waals surface area contributed by atoms with Crippen LogP contribution in [0.2, 0.25) is 0 Å². The van der Waals surface area contributed by atoms with Gasteiger partial charge in [-0.25, -0.2) is 4.79 Å².